The van der Waals surface area contributed by atoms with E-state index in [2.05, 4.69) is 36.5 Å². The van der Waals surface area contributed by atoms with Gasteiger partial charge in [-0.15, -0.1) is 0 Å². The number of ether oxygens (including phenoxy) is 1. The smallest absolute Gasteiger partial charge is 0.120 e. The molecular formula is C18H24N2O. The second kappa shape index (κ2) is 6.07. The number of fused-ring (bicyclic) bond motifs is 1. The Bertz CT molecular complexity index is 549. The molecule has 0 bridgehead atoms. The lowest BCUT2D eigenvalue weighted by molar-refractivity contribution is 0.201. The molecule has 1 saturated carbocycles. The lowest BCUT2D eigenvalue weighted by Crippen LogP contribution is -2.42. The van der Waals surface area contributed by atoms with E-state index >= 15 is 0 Å². The van der Waals surface area contributed by atoms with E-state index in [1.54, 1.807) is 0 Å². The molecule has 1 N–H and O–H groups in total. The lowest BCUT2D eigenvalue weighted by Gasteiger charge is -2.22. The van der Waals surface area contributed by atoms with Crippen molar-refractivity contribution in [2.75, 3.05) is 6.54 Å². The van der Waals surface area contributed by atoms with Gasteiger partial charge in [0.1, 0.15) is 17.4 Å². The molecule has 3 nitrogen and oxygen atoms in total. The minimum atomic E-state index is -0.378. The SMILES string of the molecule is CCCNC1(C#N)CCC(Oc2ccc3c(c2)CCC3)C1. The van der Waals surface area contributed by atoms with Crippen molar-refractivity contribution >= 4 is 0 Å². The first-order valence-corrected chi connectivity index (χ1v) is 8.19. The third-order valence-electron chi connectivity index (χ3n) is 4.77. The van der Waals surface area contributed by atoms with Crippen molar-refractivity contribution < 1.29 is 4.74 Å². The average molecular weight is 284 g/mol. The van der Waals surface area contributed by atoms with Crippen LogP contribution in [0, 0.1) is 11.3 Å². The van der Waals surface area contributed by atoms with Crippen LogP contribution in [-0.4, -0.2) is 18.2 Å². The van der Waals surface area contributed by atoms with Gasteiger partial charge in [0.15, 0.2) is 0 Å². The van der Waals surface area contributed by atoms with Crippen LogP contribution in [0.15, 0.2) is 18.2 Å². The van der Waals surface area contributed by atoms with Crippen LogP contribution in [0.4, 0.5) is 0 Å². The van der Waals surface area contributed by atoms with Crippen LogP contribution in [0.1, 0.15) is 50.2 Å². The number of nitrogens with one attached hydrogen (secondary N) is 1. The summed E-state index contributed by atoms with van der Waals surface area (Å²) in [5.41, 5.74) is 2.54. The molecule has 3 heteroatoms. The highest BCUT2D eigenvalue weighted by molar-refractivity contribution is 5.38. The summed E-state index contributed by atoms with van der Waals surface area (Å²) in [6.45, 7) is 3.03. The quantitative estimate of drug-likeness (QED) is 0.901. The Morgan fingerprint density at radius 3 is 3.05 bits per heavy atom. The highest BCUT2D eigenvalue weighted by atomic mass is 16.5. The predicted molar refractivity (Wildman–Crippen MR) is 83.4 cm³/mol. The molecule has 0 heterocycles. The van der Waals surface area contributed by atoms with E-state index in [0.717, 1.165) is 38.0 Å². The number of hydrogen-bond acceptors (Lipinski definition) is 3. The Morgan fingerprint density at radius 1 is 1.38 bits per heavy atom. The number of nitriles is 1. The summed E-state index contributed by atoms with van der Waals surface area (Å²) in [5, 5.41) is 12.9. The van der Waals surface area contributed by atoms with Crippen LogP contribution >= 0.6 is 0 Å². The van der Waals surface area contributed by atoms with Gasteiger partial charge in [0.2, 0.25) is 0 Å². The van der Waals surface area contributed by atoms with Gasteiger partial charge >= 0.3 is 0 Å². The van der Waals surface area contributed by atoms with Gasteiger partial charge in [-0.05, 0) is 68.3 Å². The summed E-state index contributed by atoms with van der Waals surface area (Å²) in [5.74, 6) is 0.977. The molecule has 0 amide bonds. The fourth-order valence-electron chi connectivity index (χ4n) is 3.58. The van der Waals surface area contributed by atoms with Crippen LogP contribution < -0.4 is 10.1 Å². The first kappa shape index (κ1) is 14.4. The fraction of sp³-hybridized carbons (Fsp3) is 0.611. The van der Waals surface area contributed by atoms with E-state index in [-0.39, 0.29) is 11.6 Å². The normalized spacial score (nSPS) is 27.3. The monoisotopic (exact) mass is 284 g/mol. The number of rotatable bonds is 5. The number of hydrogen-bond donors (Lipinski definition) is 1. The van der Waals surface area contributed by atoms with Crippen molar-refractivity contribution in [1.29, 1.82) is 5.26 Å². The van der Waals surface area contributed by atoms with Gasteiger partial charge in [0.05, 0.1) is 6.07 Å². The molecule has 0 radical (unpaired) electrons. The maximum atomic E-state index is 9.49. The van der Waals surface area contributed by atoms with Crippen molar-refractivity contribution in [3.05, 3.63) is 29.3 Å². The molecule has 1 aromatic carbocycles. The highest BCUT2D eigenvalue weighted by Crippen LogP contribution is 2.34. The van der Waals surface area contributed by atoms with Crippen molar-refractivity contribution in [2.45, 2.75) is 63.5 Å². The van der Waals surface area contributed by atoms with Crippen molar-refractivity contribution in [3.8, 4) is 11.8 Å². The van der Waals surface area contributed by atoms with E-state index < -0.39 is 0 Å². The molecule has 21 heavy (non-hydrogen) atoms. The predicted octanol–water partition coefficient (Wildman–Crippen LogP) is 3.37. The summed E-state index contributed by atoms with van der Waals surface area (Å²) < 4.78 is 6.15. The molecular weight excluding hydrogens is 260 g/mol. The highest BCUT2D eigenvalue weighted by Gasteiger charge is 2.40. The first-order valence-electron chi connectivity index (χ1n) is 8.19. The Kier molecular flexibility index (Phi) is 4.17. The molecule has 3 rings (SSSR count). The van der Waals surface area contributed by atoms with Gasteiger partial charge < -0.3 is 4.74 Å². The number of benzene rings is 1. The van der Waals surface area contributed by atoms with Gasteiger partial charge in [-0.1, -0.05) is 13.0 Å². The summed E-state index contributed by atoms with van der Waals surface area (Å²) in [6, 6.07) is 8.98. The molecule has 0 saturated heterocycles. The molecule has 1 fully saturated rings. The van der Waals surface area contributed by atoms with Gasteiger partial charge in [-0.25, -0.2) is 0 Å². The van der Waals surface area contributed by atoms with Gasteiger partial charge in [0, 0.05) is 6.42 Å². The molecule has 2 atom stereocenters. The van der Waals surface area contributed by atoms with Crippen LogP contribution in [0.3, 0.4) is 0 Å². The average Bonchev–Trinajstić information content (AvgIpc) is 3.12. The van der Waals surface area contributed by atoms with Crippen LogP contribution in [0.2, 0.25) is 0 Å². The van der Waals surface area contributed by atoms with Crippen LogP contribution in [-0.2, 0) is 12.8 Å². The summed E-state index contributed by atoms with van der Waals surface area (Å²) in [4.78, 5) is 0. The minimum absolute atomic E-state index is 0.161. The molecule has 2 aliphatic rings. The standard InChI is InChI=1S/C18H24N2O/c1-2-10-20-18(13-19)9-8-17(12-18)21-16-7-6-14-4-3-5-15(14)11-16/h6-7,11,17,20H,2-5,8-10,12H2,1H3. The van der Waals surface area contributed by atoms with Crippen molar-refractivity contribution in [2.24, 2.45) is 0 Å². The zero-order chi connectivity index (χ0) is 14.7. The third kappa shape index (κ3) is 3.06. The van der Waals surface area contributed by atoms with Gasteiger partial charge in [0.25, 0.3) is 0 Å². The van der Waals surface area contributed by atoms with Crippen LogP contribution in [0.25, 0.3) is 0 Å². The number of aryl methyl sites for hydroxylation is 2. The van der Waals surface area contributed by atoms with Crippen molar-refractivity contribution in [3.63, 3.8) is 0 Å². The maximum absolute atomic E-state index is 9.49. The van der Waals surface area contributed by atoms with Gasteiger partial charge in [-0.3, -0.25) is 5.32 Å². The van der Waals surface area contributed by atoms with E-state index in [4.69, 9.17) is 4.74 Å². The molecule has 2 aliphatic carbocycles. The third-order valence-corrected chi connectivity index (χ3v) is 4.77. The topological polar surface area (TPSA) is 45.0 Å². The van der Waals surface area contributed by atoms with E-state index in [9.17, 15) is 5.26 Å². The van der Waals surface area contributed by atoms with E-state index in [1.165, 1.54) is 30.4 Å². The van der Waals surface area contributed by atoms with Crippen molar-refractivity contribution in [1.82, 2.24) is 5.32 Å². The lowest BCUT2D eigenvalue weighted by atomic mass is 9.99. The zero-order valence-electron chi connectivity index (χ0n) is 12.8. The Morgan fingerprint density at radius 2 is 2.24 bits per heavy atom. The first-order chi connectivity index (χ1) is 10.2. The van der Waals surface area contributed by atoms with Gasteiger partial charge in [-0.2, -0.15) is 5.26 Å². The summed E-state index contributed by atoms with van der Waals surface area (Å²) >= 11 is 0. The van der Waals surface area contributed by atoms with E-state index in [0.29, 0.717) is 0 Å². The Labute approximate surface area is 127 Å². The number of nitrogens with zero attached hydrogens (tertiary/aromatic N) is 1. The van der Waals surface area contributed by atoms with E-state index in [1.807, 2.05) is 0 Å². The second-order valence-electron chi connectivity index (χ2n) is 6.39. The molecule has 1 aromatic rings. The molecule has 2 unspecified atom stereocenters. The molecule has 112 valence electrons. The minimum Gasteiger partial charge on any atom is -0.490 e. The fourth-order valence-corrected chi connectivity index (χ4v) is 3.58. The zero-order valence-corrected chi connectivity index (χ0v) is 12.8. The Balaban J connectivity index is 1.63. The largest absolute Gasteiger partial charge is 0.490 e. The second-order valence-corrected chi connectivity index (χ2v) is 6.39. The summed E-state index contributed by atoms with van der Waals surface area (Å²) in [6.07, 6.45) is 7.50. The summed E-state index contributed by atoms with van der Waals surface area (Å²) in [7, 11) is 0. The Hall–Kier alpha value is -1.53. The molecule has 0 spiro atoms. The molecule has 0 aliphatic heterocycles. The maximum Gasteiger partial charge on any atom is 0.120 e. The van der Waals surface area contributed by atoms with Crippen LogP contribution in [0.5, 0.6) is 5.75 Å². The molecule has 0 aromatic heterocycles.